The normalized spacial score (nSPS) is 19.8. The van der Waals surface area contributed by atoms with E-state index < -0.39 is 23.3 Å². The number of rotatable bonds is 10. The molecule has 1 saturated carbocycles. The smallest absolute Gasteiger partial charge is 0.411 e. The van der Waals surface area contributed by atoms with Crippen LogP contribution >= 0.6 is 0 Å². The highest BCUT2D eigenvalue weighted by molar-refractivity contribution is 6.02. The lowest BCUT2D eigenvalue weighted by molar-refractivity contribution is -0.0665. The van der Waals surface area contributed by atoms with Gasteiger partial charge in [-0.2, -0.15) is 9.97 Å². The maximum Gasteiger partial charge on any atom is 0.411 e. The molecule has 1 aliphatic carbocycles. The van der Waals surface area contributed by atoms with Crippen molar-refractivity contribution >= 4 is 33.6 Å². The predicted octanol–water partition coefficient (Wildman–Crippen LogP) is 5.64. The molecule has 2 bridgehead atoms. The number of aliphatic hydroxyl groups excluding tert-OH is 1. The van der Waals surface area contributed by atoms with Crippen molar-refractivity contribution in [1.29, 1.82) is 0 Å². The number of aromatic nitrogens is 3. The number of morpholine rings is 1. The molecule has 1 N–H and O–H groups in total. The van der Waals surface area contributed by atoms with Crippen LogP contribution in [0.15, 0.2) is 30.5 Å². The minimum Gasteiger partial charge on any atom is -0.468 e. The number of piperazine rings is 1. The Morgan fingerprint density at radius 3 is 2.49 bits per heavy atom. The van der Waals surface area contributed by atoms with Crippen LogP contribution in [0.3, 0.4) is 0 Å². The second-order valence-corrected chi connectivity index (χ2v) is 14.6. The van der Waals surface area contributed by atoms with E-state index in [2.05, 4.69) is 9.97 Å². The molecule has 2 aromatic carbocycles. The molecule has 3 fully saturated rings. The number of pyridine rings is 1. The standard InChI is InChI=1S/C37H43F2N5O7/c1-6-25-28(38)8-7-21-11-24(50-20-47-5)12-26(29(21)25)31-30(39)32-27(13-40-31)33(42-34(41-32)49-19-37(18-45)9-10-37)43-14-22-16-48-17-23(15-43)44(22)35(46)51-36(2,3)4/h7-8,11-13,22-23,45H,6,9-10,14-20H2,1-5H3. The largest absolute Gasteiger partial charge is 0.468 e. The van der Waals surface area contributed by atoms with Crippen LogP contribution in [0.4, 0.5) is 19.4 Å². The Labute approximate surface area is 294 Å². The number of methoxy groups -OCH3 is 1. The van der Waals surface area contributed by atoms with Crippen LogP contribution in [-0.4, -0.2) is 102 Å². The highest BCUT2D eigenvalue weighted by atomic mass is 19.1. The molecule has 51 heavy (non-hydrogen) atoms. The molecule has 14 heteroatoms. The fourth-order valence-corrected chi connectivity index (χ4v) is 6.94. The number of carbonyl (C=O) groups is 1. The van der Waals surface area contributed by atoms with Crippen LogP contribution in [0.2, 0.25) is 0 Å². The molecule has 12 nitrogen and oxygen atoms in total. The first kappa shape index (κ1) is 35.0. The van der Waals surface area contributed by atoms with Crippen LogP contribution in [0, 0.1) is 17.0 Å². The number of carbonyl (C=O) groups excluding carboxylic acids is 1. The molecule has 2 aromatic heterocycles. The maximum absolute atomic E-state index is 17.1. The van der Waals surface area contributed by atoms with Crippen molar-refractivity contribution in [2.24, 2.45) is 5.41 Å². The number of halogens is 2. The third-order valence-corrected chi connectivity index (χ3v) is 9.71. The summed E-state index contributed by atoms with van der Waals surface area (Å²) in [6.07, 6.45) is 3.07. The van der Waals surface area contributed by atoms with Crippen LogP contribution in [0.5, 0.6) is 11.8 Å². The second-order valence-electron chi connectivity index (χ2n) is 14.6. The van der Waals surface area contributed by atoms with Gasteiger partial charge in [0.05, 0.1) is 43.9 Å². The van der Waals surface area contributed by atoms with Crippen molar-refractivity contribution in [3.05, 3.63) is 47.7 Å². The number of aliphatic hydroxyl groups is 1. The van der Waals surface area contributed by atoms with E-state index in [9.17, 15) is 9.90 Å². The van der Waals surface area contributed by atoms with Crippen molar-refractivity contribution in [2.45, 2.75) is 64.6 Å². The summed E-state index contributed by atoms with van der Waals surface area (Å²) < 4.78 is 60.8. The van der Waals surface area contributed by atoms with E-state index in [1.54, 1.807) is 23.1 Å². The Balaban J connectivity index is 1.35. The average Bonchev–Trinajstić information content (AvgIpc) is 3.89. The second kappa shape index (κ2) is 13.6. The minimum atomic E-state index is -0.739. The summed E-state index contributed by atoms with van der Waals surface area (Å²) in [6.45, 7) is 8.63. The number of nitrogens with zero attached hydrogens (tertiary/aromatic N) is 5. The number of fused-ring (bicyclic) bond motifs is 4. The zero-order valence-electron chi connectivity index (χ0n) is 29.5. The number of ether oxygens (including phenoxy) is 5. The van der Waals surface area contributed by atoms with Crippen LogP contribution in [0.25, 0.3) is 32.9 Å². The Hall–Kier alpha value is -4.40. The highest BCUT2D eigenvalue weighted by Gasteiger charge is 2.45. The zero-order valence-corrected chi connectivity index (χ0v) is 29.5. The molecular weight excluding hydrogens is 664 g/mol. The monoisotopic (exact) mass is 707 g/mol. The predicted molar refractivity (Wildman–Crippen MR) is 185 cm³/mol. The molecule has 4 heterocycles. The molecule has 4 aromatic rings. The van der Waals surface area contributed by atoms with Gasteiger partial charge in [-0.05, 0) is 74.6 Å². The van der Waals surface area contributed by atoms with Crippen molar-refractivity contribution < 1.29 is 42.4 Å². The third kappa shape index (κ3) is 6.84. The Bertz CT molecular complexity index is 1950. The topological polar surface area (TPSA) is 129 Å². The Kier molecular flexibility index (Phi) is 9.35. The maximum atomic E-state index is 17.1. The number of hydrogen-bond acceptors (Lipinski definition) is 11. The first-order chi connectivity index (χ1) is 24.4. The van der Waals surface area contributed by atoms with Gasteiger partial charge in [0, 0.05) is 37.4 Å². The van der Waals surface area contributed by atoms with Gasteiger partial charge < -0.3 is 33.7 Å². The third-order valence-electron chi connectivity index (χ3n) is 9.71. The van der Waals surface area contributed by atoms with Gasteiger partial charge in [0.25, 0.3) is 0 Å². The van der Waals surface area contributed by atoms with E-state index in [1.165, 1.54) is 19.4 Å². The van der Waals surface area contributed by atoms with Gasteiger partial charge in [0.2, 0.25) is 0 Å². The fourth-order valence-electron chi connectivity index (χ4n) is 6.94. The summed E-state index contributed by atoms with van der Waals surface area (Å²) in [6, 6.07) is 5.65. The molecule has 1 amide bonds. The van der Waals surface area contributed by atoms with Gasteiger partial charge in [-0.15, -0.1) is 0 Å². The summed E-state index contributed by atoms with van der Waals surface area (Å²) in [5.74, 6) is -0.352. The molecule has 0 spiro atoms. The first-order valence-electron chi connectivity index (χ1n) is 17.3. The van der Waals surface area contributed by atoms with Gasteiger partial charge >= 0.3 is 12.1 Å². The number of amides is 1. The molecule has 0 radical (unpaired) electrons. The van der Waals surface area contributed by atoms with Crippen molar-refractivity contribution in [3.8, 4) is 23.0 Å². The summed E-state index contributed by atoms with van der Waals surface area (Å²) >= 11 is 0. The van der Waals surface area contributed by atoms with Gasteiger partial charge in [-0.3, -0.25) is 9.88 Å². The molecule has 7 rings (SSSR count). The van der Waals surface area contributed by atoms with Crippen LogP contribution in [-0.2, 0) is 20.6 Å². The van der Waals surface area contributed by atoms with Crippen molar-refractivity contribution in [1.82, 2.24) is 19.9 Å². The van der Waals surface area contributed by atoms with E-state index in [1.807, 2.05) is 32.6 Å². The van der Waals surface area contributed by atoms with E-state index in [4.69, 9.17) is 28.7 Å². The molecule has 3 aliphatic rings. The first-order valence-corrected chi connectivity index (χ1v) is 17.3. The quantitative estimate of drug-likeness (QED) is 0.206. The van der Waals surface area contributed by atoms with E-state index in [-0.39, 0.29) is 54.7 Å². The fraction of sp³-hybridized carbons (Fsp3) is 0.514. The van der Waals surface area contributed by atoms with Gasteiger partial charge in [-0.25, -0.2) is 13.6 Å². The lowest BCUT2D eigenvalue weighted by Crippen LogP contribution is -2.66. The average molecular weight is 708 g/mol. The minimum absolute atomic E-state index is 0.0318. The molecule has 2 aliphatic heterocycles. The summed E-state index contributed by atoms with van der Waals surface area (Å²) in [5, 5.41) is 11.4. The SMILES string of the molecule is CCc1c(F)ccc2cc(OCOC)cc(-c3ncc4c(N5CC6COCC(C5)N6C(=O)OC(C)(C)C)nc(OCC5(CO)CC5)nc4c3F)c12. The molecule has 272 valence electrons. The van der Waals surface area contributed by atoms with Gasteiger partial charge in [-0.1, -0.05) is 13.0 Å². The lowest BCUT2D eigenvalue weighted by Gasteiger charge is -2.49. The Morgan fingerprint density at radius 2 is 1.84 bits per heavy atom. The van der Waals surface area contributed by atoms with Gasteiger partial charge in [0.1, 0.15) is 34.2 Å². The molecule has 2 saturated heterocycles. The summed E-state index contributed by atoms with van der Waals surface area (Å²) in [5.41, 5.74) is -0.361. The highest BCUT2D eigenvalue weighted by Crippen LogP contribution is 2.45. The zero-order chi connectivity index (χ0) is 36.1. The number of benzene rings is 2. The van der Waals surface area contributed by atoms with Crippen molar-refractivity contribution in [3.63, 3.8) is 0 Å². The van der Waals surface area contributed by atoms with Crippen molar-refractivity contribution in [2.75, 3.05) is 58.3 Å². The Morgan fingerprint density at radius 1 is 1.10 bits per heavy atom. The molecular formula is C37H43F2N5O7. The molecule has 2 unspecified atom stereocenters. The number of hydrogen-bond donors (Lipinski definition) is 1. The van der Waals surface area contributed by atoms with E-state index in [0.717, 1.165) is 12.8 Å². The number of anilines is 1. The lowest BCUT2D eigenvalue weighted by atomic mass is 9.94. The van der Waals surface area contributed by atoms with Gasteiger partial charge in [0.15, 0.2) is 12.6 Å². The summed E-state index contributed by atoms with van der Waals surface area (Å²) in [4.78, 5) is 30.9. The van der Waals surface area contributed by atoms with Crippen LogP contribution in [0.1, 0.15) is 46.1 Å². The van der Waals surface area contributed by atoms with E-state index >= 15 is 8.78 Å². The number of aryl methyl sites for hydroxylation is 1. The summed E-state index contributed by atoms with van der Waals surface area (Å²) in [7, 11) is 1.50. The van der Waals surface area contributed by atoms with E-state index in [0.29, 0.717) is 71.6 Å². The van der Waals surface area contributed by atoms with Crippen LogP contribution < -0.4 is 14.4 Å². The molecule has 2 atom stereocenters.